The van der Waals surface area contributed by atoms with Crippen molar-refractivity contribution in [2.75, 3.05) is 51.5 Å². The average Bonchev–Trinajstić information content (AvgIpc) is 2.44. The Morgan fingerprint density at radius 2 is 1.95 bits per heavy atom. The largest absolute Gasteiger partial charge is 0.374 e. The molecule has 0 unspecified atom stereocenters. The third-order valence-corrected chi connectivity index (χ3v) is 2.80. The van der Waals surface area contributed by atoms with E-state index in [-0.39, 0.29) is 0 Å². The minimum absolute atomic E-state index is 0.446. The third kappa shape index (κ3) is 6.68. The van der Waals surface area contributed by atoms with E-state index in [0.717, 1.165) is 31.1 Å². The normalized spacial score (nSPS) is 10.8. The molecule has 6 nitrogen and oxygen atoms in total. The van der Waals surface area contributed by atoms with Crippen LogP contribution in [-0.4, -0.2) is 55.7 Å². The second kappa shape index (κ2) is 9.50. The monoisotopic (exact) mass is 281 g/mol. The van der Waals surface area contributed by atoms with E-state index in [9.17, 15) is 0 Å². The molecule has 0 amide bonds. The van der Waals surface area contributed by atoms with Crippen LogP contribution in [0, 0.1) is 0 Å². The summed E-state index contributed by atoms with van der Waals surface area (Å²) in [4.78, 5) is 11.0. The van der Waals surface area contributed by atoms with E-state index in [1.54, 1.807) is 0 Å². The second-order valence-corrected chi connectivity index (χ2v) is 4.88. The van der Waals surface area contributed by atoms with Crippen LogP contribution >= 0.6 is 0 Å². The highest BCUT2D eigenvalue weighted by molar-refractivity contribution is 5.47. The van der Waals surface area contributed by atoms with Crippen molar-refractivity contribution in [3.63, 3.8) is 0 Å². The van der Waals surface area contributed by atoms with Crippen LogP contribution in [0.2, 0.25) is 0 Å². The SMILES string of the molecule is CCOCc1nc(NC)cc(NCCCCN(C)C)n1. The fourth-order valence-electron chi connectivity index (χ4n) is 1.74. The standard InChI is InChI=1S/C14H27N5O/c1-5-20-11-14-17-12(15-2)10-13(18-14)16-8-6-7-9-19(3)4/h10H,5-9,11H2,1-4H3,(H2,15,16,17,18). The van der Waals surface area contributed by atoms with Gasteiger partial charge >= 0.3 is 0 Å². The zero-order valence-electron chi connectivity index (χ0n) is 13.1. The molecule has 0 atom stereocenters. The maximum Gasteiger partial charge on any atom is 0.158 e. The minimum Gasteiger partial charge on any atom is -0.374 e. The molecule has 0 aliphatic rings. The maximum atomic E-state index is 5.36. The van der Waals surface area contributed by atoms with E-state index in [2.05, 4.69) is 39.6 Å². The fourth-order valence-corrected chi connectivity index (χ4v) is 1.74. The van der Waals surface area contributed by atoms with Gasteiger partial charge in [0.2, 0.25) is 0 Å². The Bertz CT molecular complexity index is 384. The summed E-state index contributed by atoms with van der Waals surface area (Å²) in [6.45, 7) is 5.11. The molecule has 1 aromatic rings. The van der Waals surface area contributed by atoms with Crippen LogP contribution in [0.15, 0.2) is 6.07 Å². The highest BCUT2D eigenvalue weighted by Crippen LogP contribution is 2.11. The zero-order valence-corrected chi connectivity index (χ0v) is 13.1. The lowest BCUT2D eigenvalue weighted by atomic mass is 10.3. The molecule has 0 aromatic carbocycles. The summed E-state index contributed by atoms with van der Waals surface area (Å²) >= 11 is 0. The van der Waals surface area contributed by atoms with Gasteiger partial charge in [0.15, 0.2) is 5.82 Å². The summed E-state index contributed by atoms with van der Waals surface area (Å²) in [5.74, 6) is 2.36. The van der Waals surface area contributed by atoms with Crippen molar-refractivity contribution < 1.29 is 4.74 Å². The molecule has 6 heteroatoms. The lowest BCUT2D eigenvalue weighted by molar-refractivity contribution is 0.128. The van der Waals surface area contributed by atoms with Crippen molar-refractivity contribution in [3.8, 4) is 0 Å². The lowest BCUT2D eigenvalue weighted by Gasteiger charge is -2.11. The van der Waals surface area contributed by atoms with Crippen LogP contribution in [0.4, 0.5) is 11.6 Å². The number of anilines is 2. The van der Waals surface area contributed by atoms with Gasteiger partial charge in [-0.15, -0.1) is 0 Å². The van der Waals surface area contributed by atoms with E-state index >= 15 is 0 Å². The van der Waals surface area contributed by atoms with Crippen LogP contribution in [0.5, 0.6) is 0 Å². The van der Waals surface area contributed by atoms with Crippen LogP contribution in [-0.2, 0) is 11.3 Å². The van der Waals surface area contributed by atoms with Gasteiger partial charge < -0.3 is 20.3 Å². The van der Waals surface area contributed by atoms with E-state index < -0.39 is 0 Å². The zero-order chi connectivity index (χ0) is 14.8. The molecule has 0 saturated heterocycles. The number of rotatable bonds is 10. The summed E-state index contributed by atoms with van der Waals surface area (Å²) in [6.07, 6.45) is 2.30. The molecule has 2 N–H and O–H groups in total. The van der Waals surface area contributed by atoms with Crippen LogP contribution in [0.3, 0.4) is 0 Å². The Morgan fingerprint density at radius 1 is 1.20 bits per heavy atom. The van der Waals surface area contributed by atoms with E-state index in [0.29, 0.717) is 19.0 Å². The summed E-state index contributed by atoms with van der Waals surface area (Å²) < 4.78 is 5.36. The smallest absolute Gasteiger partial charge is 0.158 e. The Labute approximate surface area is 121 Å². The lowest BCUT2D eigenvalue weighted by Crippen LogP contribution is -2.14. The van der Waals surface area contributed by atoms with Crippen molar-refractivity contribution in [3.05, 3.63) is 11.9 Å². The van der Waals surface area contributed by atoms with Gasteiger partial charge in [0.25, 0.3) is 0 Å². The van der Waals surface area contributed by atoms with Crippen LogP contribution < -0.4 is 10.6 Å². The van der Waals surface area contributed by atoms with Crippen molar-refractivity contribution >= 4 is 11.6 Å². The minimum atomic E-state index is 0.446. The maximum absolute atomic E-state index is 5.36. The molecule has 1 heterocycles. The van der Waals surface area contributed by atoms with Gasteiger partial charge in [-0.05, 0) is 40.4 Å². The highest BCUT2D eigenvalue weighted by Gasteiger charge is 2.03. The first-order chi connectivity index (χ1) is 9.65. The van der Waals surface area contributed by atoms with Crippen molar-refractivity contribution in [1.82, 2.24) is 14.9 Å². The molecule has 0 aliphatic heterocycles. The van der Waals surface area contributed by atoms with Gasteiger partial charge in [-0.1, -0.05) is 0 Å². The highest BCUT2D eigenvalue weighted by atomic mass is 16.5. The molecule has 0 spiro atoms. The summed E-state index contributed by atoms with van der Waals surface area (Å²) in [7, 11) is 6.04. The average molecular weight is 281 g/mol. The van der Waals surface area contributed by atoms with E-state index in [1.165, 1.54) is 6.42 Å². The van der Waals surface area contributed by atoms with Gasteiger partial charge in [0, 0.05) is 26.3 Å². The van der Waals surface area contributed by atoms with Crippen molar-refractivity contribution in [2.45, 2.75) is 26.4 Å². The van der Waals surface area contributed by atoms with Gasteiger partial charge in [0.1, 0.15) is 18.2 Å². The fraction of sp³-hybridized carbons (Fsp3) is 0.714. The molecule has 1 rings (SSSR count). The molecule has 0 saturated carbocycles. The topological polar surface area (TPSA) is 62.3 Å². The van der Waals surface area contributed by atoms with E-state index in [1.807, 2.05) is 20.0 Å². The van der Waals surface area contributed by atoms with Gasteiger partial charge in [-0.3, -0.25) is 0 Å². The Hall–Kier alpha value is -1.40. The first kappa shape index (κ1) is 16.7. The Kier molecular flexibility index (Phi) is 7.91. The Balaban J connectivity index is 2.46. The molecule has 20 heavy (non-hydrogen) atoms. The predicted octanol–water partition coefficient (Wildman–Crippen LogP) is 1.81. The molecule has 0 aliphatic carbocycles. The number of nitrogens with zero attached hydrogens (tertiary/aromatic N) is 3. The van der Waals surface area contributed by atoms with Crippen LogP contribution in [0.1, 0.15) is 25.6 Å². The molecule has 0 bridgehead atoms. The number of unbranched alkanes of at least 4 members (excludes halogenated alkanes) is 1. The molecule has 0 radical (unpaired) electrons. The van der Waals surface area contributed by atoms with E-state index in [4.69, 9.17) is 4.74 Å². The number of hydrogen-bond acceptors (Lipinski definition) is 6. The van der Waals surface area contributed by atoms with Gasteiger partial charge in [-0.2, -0.15) is 0 Å². The van der Waals surface area contributed by atoms with Gasteiger partial charge in [-0.25, -0.2) is 9.97 Å². The number of ether oxygens (including phenoxy) is 1. The van der Waals surface area contributed by atoms with Crippen LogP contribution in [0.25, 0.3) is 0 Å². The van der Waals surface area contributed by atoms with Crippen molar-refractivity contribution in [2.24, 2.45) is 0 Å². The quantitative estimate of drug-likeness (QED) is 0.638. The first-order valence-electron chi connectivity index (χ1n) is 7.17. The number of aromatic nitrogens is 2. The summed E-state index contributed by atoms with van der Waals surface area (Å²) in [5.41, 5.74) is 0. The van der Waals surface area contributed by atoms with Gasteiger partial charge in [0.05, 0.1) is 0 Å². The third-order valence-electron chi connectivity index (χ3n) is 2.80. The molecule has 114 valence electrons. The number of hydrogen-bond donors (Lipinski definition) is 2. The molecule has 1 aromatic heterocycles. The predicted molar refractivity (Wildman–Crippen MR) is 83.2 cm³/mol. The molecular formula is C14H27N5O. The molecule has 0 fully saturated rings. The first-order valence-corrected chi connectivity index (χ1v) is 7.17. The molecular weight excluding hydrogens is 254 g/mol. The van der Waals surface area contributed by atoms with Crippen molar-refractivity contribution in [1.29, 1.82) is 0 Å². The number of nitrogens with one attached hydrogen (secondary N) is 2. The Morgan fingerprint density at radius 3 is 2.60 bits per heavy atom. The summed E-state index contributed by atoms with van der Waals surface area (Å²) in [6, 6.07) is 1.92. The summed E-state index contributed by atoms with van der Waals surface area (Å²) in [5, 5.41) is 6.39. The second-order valence-electron chi connectivity index (χ2n) is 4.88.